The first-order valence-electron chi connectivity index (χ1n) is 11.1. The molecule has 2 aliphatic carbocycles. The highest BCUT2D eigenvalue weighted by molar-refractivity contribution is 5.95. The fourth-order valence-corrected chi connectivity index (χ4v) is 5.00. The van der Waals surface area contributed by atoms with Crippen LogP contribution in [0.3, 0.4) is 0 Å². The predicted octanol–water partition coefficient (Wildman–Crippen LogP) is 3.14. The second-order valence-electron chi connectivity index (χ2n) is 8.70. The van der Waals surface area contributed by atoms with Crippen LogP contribution >= 0.6 is 0 Å². The Morgan fingerprint density at radius 1 is 1.03 bits per heavy atom. The summed E-state index contributed by atoms with van der Waals surface area (Å²) >= 11 is 0. The molecule has 0 spiro atoms. The minimum absolute atomic E-state index is 0.0731. The van der Waals surface area contributed by atoms with E-state index in [4.69, 9.17) is 4.74 Å². The SMILES string of the molecule is COc1cccc(NC(=O)C(C2CCCC2)N2CCN(C(=O)C3CCC3)CC2)c1. The average molecular weight is 400 g/mol. The molecule has 0 radical (unpaired) electrons. The fraction of sp³-hybridized carbons (Fsp3) is 0.652. The highest BCUT2D eigenvalue weighted by Crippen LogP contribution is 2.33. The van der Waals surface area contributed by atoms with E-state index in [0.29, 0.717) is 11.8 Å². The Bertz CT molecular complexity index is 720. The number of amides is 2. The molecule has 6 nitrogen and oxygen atoms in total. The van der Waals surface area contributed by atoms with Gasteiger partial charge in [-0.1, -0.05) is 25.3 Å². The molecule has 4 rings (SSSR count). The van der Waals surface area contributed by atoms with E-state index in [1.807, 2.05) is 29.2 Å². The quantitative estimate of drug-likeness (QED) is 0.798. The summed E-state index contributed by atoms with van der Waals surface area (Å²) in [5.74, 6) is 1.79. The third-order valence-corrected chi connectivity index (χ3v) is 6.93. The van der Waals surface area contributed by atoms with Crippen LogP contribution < -0.4 is 10.1 Å². The van der Waals surface area contributed by atoms with E-state index >= 15 is 0 Å². The van der Waals surface area contributed by atoms with Crippen molar-refractivity contribution in [1.82, 2.24) is 9.80 Å². The average Bonchev–Trinajstić information content (AvgIpc) is 3.21. The van der Waals surface area contributed by atoms with Crippen LogP contribution in [0.25, 0.3) is 0 Å². The molecule has 158 valence electrons. The number of anilines is 1. The van der Waals surface area contributed by atoms with Crippen LogP contribution in [-0.2, 0) is 9.59 Å². The maximum atomic E-state index is 13.3. The molecule has 0 bridgehead atoms. The standard InChI is InChI=1S/C23H33N3O3/c1-29-20-11-5-10-19(16-20)24-22(27)21(17-6-2-3-7-17)25-12-14-26(15-13-25)23(28)18-8-4-9-18/h5,10-11,16-18,21H,2-4,6-9,12-15H2,1H3,(H,24,27). The summed E-state index contributed by atoms with van der Waals surface area (Å²) < 4.78 is 5.28. The first kappa shape index (κ1) is 20.2. The Hall–Kier alpha value is -2.08. The highest BCUT2D eigenvalue weighted by Gasteiger charge is 2.38. The minimum atomic E-state index is -0.121. The van der Waals surface area contributed by atoms with Crippen molar-refractivity contribution >= 4 is 17.5 Å². The summed E-state index contributed by atoms with van der Waals surface area (Å²) in [6.07, 6.45) is 7.90. The van der Waals surface area contributed by atoms with Crippen molar-refractivity contribution in [3.63, 3.8) is 0 Å². The maximum absolute atomic E-state index is 13.3. The normalized spacial score (nSPS) is 22.2. The monoisotopic (exact) mass is 399 g/mol. The van der Waals surface area contributed by atoms with Gasteiger partial charge in [-0.15, -0.1) is 0 Å². The number of piperazine rings is 1. The van der Waals surface area contributed by atoms with E-state index < -0.39 is 0 Å². The van der Waals surface area contributed by atoms with E-state index in [1.165, 1.54) is 19.3 Å². The summed E-state index contributed by atoms with van der Waals surface area (Å²) in [5, 5.41) is 3.12. The van der Waals surface area contributed by atoms with E-state index in [2.05, 4.69) is 10.2 Å². The molecule has 3 fully saturated rings. The van der Waals surface area contributed by atoms with Gasteiger partial charge in [0.15, 0.2) is 0 Å². The molecule has 6 heteroatoms. The lowest BCUT2D eigenvalue weighted by Crippen LogP contribution is -2.57. The van der Waals surface area contributed by atoms with E-state index in [1.54, 1.807) is 7.11 Å². The van der Waals surface area contributed by atoms with Gasteiger partial charge in [-0.25, -0.2) is 0 Å². The van der Waals surface area contributed by atoms with Crippen LogP contribution in [0.4, 0.5) is 5.69 Å². The molecule has 2 saturated carbocycles. The maximum Gasteiger partial charge on any atom is 0.242 e. The molecule has 1 N–H and O–H groups in total. The fourth-order valence-electron chi connectivity index (χ4n) is 5.00. The zero-order valence-electron chi connectivity index (χ0n) is 17.4. The second-order valence-corrected chi connectivity index (χ2v) is 8.70. The molecular formula is C23H33N3O3. The first-order chi connectivity index (χ1) is 14.2. The van der Waals surface area contributed by atoms with Crippen LogP contribution in [0.2, 0.25) is 0 Å². The van der Waals surface area contributed by atoms with Crippen LogP contribution in [0.15, 0.2) is 24.3 Å². The van der Waals surface area contributed by atoms with Crippen molar-refractivity contribution < 1.29 is 14.3 Å². The Morgan fingerprint density at radius 3 is 2.38 bits per heavy atom. The van der Waals surface area contributed by atoms with E-state index in [-0.39, 0.29) is 17.9 Å². The van der Waals surface area contributed by atoms with E-state index in [0.717, 1.165) is 63.3 Å². The summed E-state index contributed by atoms with van der Waals surface area (Å²) in [6.45, 7) is 3.05. The van der Waals surface area contributed by atoms with Crippen LogP contribution in [0, 0.1) is 11.8 Å². The zero-order chi connectivity index (χ0) is 20.2. The lowest BCUT2D eigenvalue weighted by atomic mass is 9.84. The van der Waals surface area contributed by atoms with Crippen LogP contribution in [-0.4, -0.2) is 60.9 Å². The van der Waals surface area contributed by atoms with Gasteiger partial charge in [-0.3, -0.25) is 14.5 Å². The number of hydrogen-bond donors (Lipinski definition) is 1. The Kier molecular flexibility index (Phi) is 6.38. The van der Waals surface area contributed by atoms with Crippen molar-refractivity contribution in [3.8, 4) is 5.75 Å². The predicted molar refractivity (Wildman–Crippen MR) is 113 cm³/mol. The third kappa shape index (κ3) is 4.58. The Labute approximate surface area is 173 Å². The van der Waals surface area contributed by atoms with Gasteiger partial charge in [0.25, 0.3) is 0 Å². The summed E-state index contributed by atoms with van der Waals surface area (Å²) in [7, 11) is 1.63. The molecule has 1 aromatic carbocycles. The first-order valence-corrected chi connectivity index (χ1v) is 11.1. The van der Waals surface area contributed by atoms with Gasteiger partial charge in [-0.2, -0.15) is 0 Å². The number of methoxy groups -OCH3 is 1. The number of carbonyl (C=O) groups is 2. The van der Waals surface area contributed by atoms with Gasteiger partial charge in [-0.05, 0) is 43.7 Å². The van der Waals surface area contributed by atoms with Crippen molar-refractivity contribution in [3.05, 3.63) is 24.3 Å². The minimum Gasteiger partial charge on any atom is -0.497 e. The number of hydrogen-bond acceptors (Lipinski definition) is 4. The smallest absolute Gasteiger partial charge is 0.242 e. The van der Waals surface area contributed by atoms with Crippen molar-refractivity contribution in [2.45, 2.75) is 51.0 Å². The van der Waals surface area contributed by atoms with Gasteiger partial charge >= 0.3 is 0 Å². The molecule has 2 amide bonds. The molecule has 1 unspecified atom stereocenters. The van der Waals surface area contributed by atoms with Gasteiger partial charge in [0.1, 0.15) is 5.75 Å². The lowest BCUT2D eigenvalue weighted by molar-refractivity contribution is -0.140. The molecule has 3 aliphatic rings. The molecule has 1 atom stereocenters. The molecule has 1 aliphatic heterocycles. The number of nitrogens with zero attached hydrogens (tertiary/aromatic N) is 2. The number of nitrogens with one attached hydrogen (secondary N) is 1. The molecule has 0 aromatic heterocycles. The zero-order valence-corrected chi connectivity index (χ0v) is 17.4. The Morgan fingerprint density at radius 2 is 1.76 bits per heavy atom. The van der Waals surface area contributed by atoms with Crippen LogP contribution in [0.5, 0.6) is 5.75 Å². The molecule has 1 aromatic rings. The van der Waals surface area contributed by atoms with Crippen molar-refractivity contribution in [1.29, 1.82) is 0 Å². The second kappa shape index (κ2) is 9.16. The van der Waals surface area contributed by atoms with E-state index in [9.17, 15) is 9.59 Å². The third-order valence-electron chi connectivity index (χ3n) is 6.93. The molecule has 29 heavy (non-hydrogen) atoms. The largest absolute Gasteiger partial charge is 0.497 e. The van der Waals surface area contributed by atoms with Gasteiger partial charge in [0.05, 0.1) is 13.2 Å². The van der Waals surface area contributed by atoms with Crippen LogP contribution in [0.1, 0.15) is 44.9 Å². The number of rotatable bonds is 6. The summed E-state index contributed by atoms with van der Waals surface area (Å²) in [5.41, 5.74) is 0.774. The van der Waals surface area contributed by atoms with Gasteiger partial charge in [0.2, 0.25) is 11.8 Å². The van der Waals surface area contributed by atoms with Crippen molar-refractivity contribution in [2.75, 3.05) is 38.6 Å². The van der Waals surface area contributed by atoms with Crippen molar-refractivity contribution in [2.24, 2.45) is 11.8 Å². The summed E-state index contributed by atoms with van der Waals surface area (Å²) in [4.78, 5) is 30.2. The molecule has 1 heterocycles. The lowest BCUT2D eigenvalue weighted by Gasteiger charge is -2.42. The molecule has 1 saturated heterocycles. The summed E-state index contributed by atoms with van der Waals surface area (Å²) in [6, 6.07) is 7.41. The molecular weight excluding hydrogens is 366 g/mol. The Balaban J connectivity index is 1.41. The number of benzene rings is 1. The topological polar surface area (TPSA) is 61.9 Å². The van der Waals surface area contributed by atoms with Gasteiger partial charge in [0, 0.05) is 43.9 Å². The number of ether oxygens (including phenoxy) is 1. The van der Waals surface area contributed by atoms with Gasteiger partial charge < -0.3 is 15.0 Å². The number of carbonyl (C=O) groups excluding carboxylic acids is 2. The highest BCUT2D eigenvalue weighted by atomic mass is 16.5.